The van der Waals surface area contributed by atoms with Crippen LogP contribution in [0.15, 0.2) is 47.4 Å². The zero-order chi connectivity index (χ0) is 23.7. The summed E-state index contributed by atoms with van der Waals surface area (Å²) in [4.78, 5) is 15.0. The molecule has 2 aromatic rings. The smallest absolute Gasteiger partial charge is 0.241 e. The van der Waals surface area contributed by atoms with Gasteiger partial charge in [0.05, 0.1) is 18.9 Å². The first-order valence-electron chi connectivity index (χ1n) is 11.0. The van der Waals surface area contributed by atoms with Crippen molar-refractivity contribution in [2.24, 2.45) is 5.14 Å². The van der Waals surface area contributed by atoms with E-state index in [2.05, 4.69) is 17.1 Å². The van der Waals surface area contributed by atoms with Crippen molar-refractivity contribution in [1.29, 1.82) is 0 Å². The van der Waals surface area contributed by atoms with Crippen LogP contribution >= 0.6 is 11.8 Å². The number of rotatable bonds is 11. The van der Waals surface area contributed by atoms with Crippen LogP contribution in [0.3, 0.4) is 0 Å². The molecule has 33 heavy (non-hydrogen) atoms. The highest BCUT2D eigenvalue weighted by molar-refractivity contribution is 8.14. The average Bonchev–Trinajstić information content (AvgIpc) is 2.80. The molecular formula is C23H31N3O5S2. The number of morpholine rings is 1. The number of carbonyl (C=O) groups is 1. The van der Waals surface area contributed by atoms with E-state index in [1.165, 1.54) is 6.07 Å². The minimum atomic E-state index is -4.15. The summed E-state index contributed by atoms with van der Waals surface area (Å²) in [5.41, 5.74) is 0.696. The van der Waals surface area contributed by atoms with Gasteiger partial charge < -0.3 is 14.8 Å². The number of anilines is 1. The topological polar surface area (TPSA) is 111 Å². The molecule has 1 saturated heterocycles. The lowest BCUT2D eigenvalue weighted by molar-refractivity contribution is 0.0410. The van der Waals surface area contributed by atoms with Crippen LogP contribution < -0.4 is 15.2 Å². The van der Waals surface area contributed by atoms with Gasteiger partial charge in [0.25, 0.3) is 0 Å². The normalized spacial score (nSPS) is 14.7. The molecule has 3 rings (SSSR count). The molecule has 0 atom stereocenters. The van der Waals surface area contributed by atoms with Crippen LogP contribution in [0.2, 0.25) is 0 Å². The van der Waals surface area contributed by atoms with E-state index in [0.29, 0.717) is 36.9 Å². The molecule has 180 valence electrons. The summed E-state index contributed by atoms with van der Waals surface area (Å²) in [6.45, 7) is 6.52. The monoisotopic (exact) mass is 493 g/mol. The zero-order valence-corrected chi connectivity index (χ0v) is 20.4. The van der Waals surface area contributed by atoms with Gasteiger partial charge in [0.2, 0.25) is 15.1 Å². The van der Waals surface area contributed by atoms with Gasteiger partial charge in [0.15, 0.2) is 5.75 Å². The minimum Gasteiger partial charge on any atom is -0.454 e. The lowest BCUT2D eigenvalue weighted by atomic mass is 10.2. The number of hydrogen-bond donors (Lipinski definition) is 2. The Hall–Kier alpha value is -2.11. The van der Waals surface area contributed by atoms with Crippen molar-refractivity contribution in [3.63, 3.8) is 0 Å². The molecule has 1 heterocycles. The Bertz CT molecular complexity index is 1030. The van der Waals surface area contributed by atoms with Crippen LogP contribution in [0.5, 0.6) is 11.5 Å². The molecule has 2 aromatic carbocycles. The highest BCUT2D eigenvalue weighted by Crippen LogP contribution is 2.38. The number of nitrogens with one attached hydrogen (secondary N) is 1. The van der Waals surface area contributed by atoms with Crippen molar-refractivity contribution in [3.8, 4) is 11.5 Å². The molecule has 3 N–H and O–H groups in total. The number of thioether (sulfide) groups is 1. The summed E-state index contributed by atoms with van der Waals surface area (Å²) < 4.78 is 36.2. The first-order valence-corrected chi connectivity index (χ1v) is 13.6. The fourth-order valence-electron chi connectivity index (χ4n) is 3.35. The van der Waals surface area contributed by atoms with Gasteiger partial charge in [-0.1, -0.05) is 43.3 Å². The summed E-state index contributed by atoms with van der Waals surface area (Å²) >= 11 is 1.16. The molecule has 8 nitrogen and oxygen atoms in total. The van der Waals surface area contributed by atoms with Crippen molar-refractivity contribution in [1.82, 2.24) is 4.90 Å². The third-order valence-electron chi connectivity index (χ3n) is 5.15. The summed E-state index contributed by atoms with van der Waals surface area (Å²) in [7, 11) is -4.15. The molecule has 0 spiro atoms. The Morgan fingerprint density at radius 2 is 1.94 bits per heavy atom. The Morgan fingerprint density at radius 3 is 2.61 bits per heavy atom. The number of unbranched alkanes of at least 4 members (excludes halogenated alkanes) is 1. The van der Waals surface area contributed by atoms with E-state index >= 15 is 0 Å². The highest BCUT2D eigenvalue weighted by Gasteiger charge is 2.24. The van der Waals surface area contributed by atoms with Crippen LogP contribution in [0, 0.1) is 0 Å². The highest BCUT2D eigenvalue weighted by atomic mass is 32.2. The lowest BCUT2D eigenvalue weighted by Crippen LogP contribution is -2.37. The first kappa shape index (κ1) is 25.5. The molecule has 0 bridgehead atoms. The lowest BCUT2D eigenvalue weighted by Gasteiger charge is -2.26. The molecule has 1 aliphatic rings. The number of sulfonamides is 1. The Morgan fingerprint density at radius 1 is 1.21 bits per heavy atom. The number of hydrogen-bond acceptors (Lipinski definition) is 8. The Labute approximate surface area is 199 Å². The Balaban J connectivity index is 1.86. The van der Waals surface area contributed by atoms with Gasteiger partial charge in [0.1, 0.15) is 10.6 Å². The maximum absolute atomic E-state index is 12.9. The molecule has 1 aliphatic heterocycles. The van der Waals surface area contributed by atoms with E-state index in [4.69, 9.17) is 14.6 Å². The largest absolute Gasteiger partial charge is 0.454 e. The number of ether oxygens (including phenoxy) is 2. The standard InChI is InChI=1S/C23H31N3O5S2/c1-2-3-9-25-20-16-18(23(27)32-15-12-26-10-13-30-14-11-26)17-21(33(24,28)29)22(20)31-19-7-5-4-6-8-19/h4-8,16-17,25H,2-3,9-15H2,1H3,(H2,24,28,29). The van der Waals surface area contributed by atoms with Gasteiger partial charge >= 0.3 is 0 Å². The summed E-state index contributed by atoms with van der Waals surface area (Å²) in [5.74, 6) is 1.17. The molecule has 0 aromatic heterocycles. The van der Waals surface area contributed by atoms with Gasteiger partial charge in [0, 0.05) is 37.5 Å². The quantitative estimate of drug-likeness (QED) is 0.457. The number of benzene rings is 2. The summed E-state index contributed by atoms with van der Waals surface area (Å²) in [6.07, 6.45) is 1.84. The predicted molar refractivity (Wildman–Crippen MR) is 132 cm³/mol. The number of nitrogens with zero attached hydrogens (tertiary/aromatic N) is 1. The molecule has 1 fully saturated rings. The zero-order valence-electron chi connectivity index (χ0n) is 18.8. The maximum Gasteiger partial charge on any atom is 0.241 e. The van der Waals surface area contributed by atoms with E-state index in [1.54, 1.807) is 30.3 Å². The molecule has 0 amide bonds. The molecule has 0 unspecified atom stereocenters. The van der Waals surface area contributed by atoms with Gasteiger partial charge in [-0.15, -0.1) is 0 Å². The van der Waals surface area contributed by atoms with Crippen LogP contribution in [0.4, 0.5) is 5.69 Å². The number of para-hydroxylation sites is 1. The van der Waals surface area contributed by atoms with Crippen molar-refractivity contribution in [3.05, 3.63) is 48.0 Å². The van der Waals surface area contributed by atoms with Gasteiger partial charge in [-0.25, -0.2) is 13.6 Å². The fourth-order valence-corrected chi connectivity index (χ4v) is 4.87. The predicted octanol–water partition coefficient (Wildman–Crippen LogP) is 3.54. The van der Waals surface area contributed by atoms with E-state index in [-0.39, 0.29) is 21.3 Å². The minimum absolute atomic E-state index is 0.0923. The van der Waals surface area contributed by atoms with Crippen LogP contribution in [0.1, 0.15) is 30.1 Å². The number of carbonyl (C=O) groups excluding carboxylic acids is 1. The fraction of sp³-hybridized carbons (Fsp3) is 0.435. The van der Waals surface area contributed by atoms with Gasteiger partial charge in [-0.05, 0) is 30.7 Å². The van der Waals surface area contributed by atoms with Gasteiger partial charge in [-0.2, -0.15) is 0 Å². The average molecular weight is 494 g/mol. The van der Waals surface area contributed by atoms with E-state index in [9.17, 15) is 13.2 Å². The Kier molecular flexibility index (Phi) is 9.57. The molecule has 0 saturated carbocycles. The van der Waals surface area contributed by atoms with Crippen molar-refractivity contribution >= 4 is 32.6 Å². The first-order chi connectivity index (χ1) is 15.9. The summed E-state index contributed by atoms with van der Waals surface area (Å²) in [5, 5.41) is 8.54. The van der Waals surface area contributed by atoms with E-state index in [1.807, 2.05) is 6.07 Å². The molecule has 0 radical (unpaired) electrons. The molecule has 10 heteroatoms. The molecular weight excluding hydrogens is 462 g/mol. The maximum atomic E-state index is 12.9. The second-order valence-corrected chi connectivity index (χ2v) is 10.3. The van der Waals surface area contributed by atoms with Crippen LogP contribution in [0.25, 0.3) is 0 Å². The molecule has 0 aliphatic carbocycles. The van der Waals surface area contributed by atoms with Crippen molar-refractivity contribution in [2.45, 2.75) is 24.7 Å². The van der Waals surface area contributed by atoms with E-state index < -0.39 is 10.0 Å². The van der Waals surface area contributed by atoms with Crippen molar-refractivity contribution in [2.75, 3.05) is 50.5 Å². The van der Waals surface area contributed by atoms with E-state index in [0.717, 1.165) is 44.2 Å². The summed E-state index contributed by atoms with van der Waals surface area (Å²) in [6, 6.07) is 11.8. The SMILES string of the molecule is CCCCNc1cc(C(=O)SCCN2CCOCC2)cc(S(N)(=O)=O)c1Oc1ccccc1. The van der Waals surface area contributed by atoms with Gasteiger partial charge in [-0.3, -0.25) is 9.69 Å². The van der Waals surface area contributed by atoms with Crippen LogP contribution in [-0.2, 0) is 14.8 Å². The number of primary sulfonamides is 1. The number of nitrogens with two attached hydrogens (primary N) is 1. The third kappa shape index (κ3) is 7.72. The second kappa shape index (κ2) is 12.4. The van der Waals surface area contributed by atoms with Crippen LogP contribution in [-0.4, -0.2) is 63.6 Å². The third-order valence-corrected chi connectivity index (χ3v) is 6.95. The second-order valence-electron chi connectivity index (χ2n) is 7.68. The van der Waals surface area contributed by atoms with Crippen molar-refractivity contribution < 1.29 is 22.7 Å².